The molecule has 0 saturated heterocycles. The maximum atomic E-state index is 10.9. The molecule has 92 valence electrons. The summed E-state index contributed by atoms with van der Waals surface area (Å²) in [6, 6.07) is 0. The van der Waals surface area contributed by atoms with Crippen LogP contribution >= 0.6 is 0 Å². The second-order valence-electron chi connectivity index (χ2n) is 3.22. The molecule has 0 aromatic carbocycles. The molecule has 1 rings (SSSR count). The Morgan fingerprint density at radius 3 is 2.76 bits per heavy atom. The highest BCUT2D eigenvalue weighted by atomic mass is 16.6. The van der Waals surface area contributed by atoms with Crippen molar-refractivity contribution >= 4 is 23.2 Å². The van der Waals surface area contributed by atoms with Gasteiger partial charge in [0, 0.05) is 14.1 Å². The number of aromatic nitrogens is 2. The highest BCUT2D eigenvalue weighted by molar-refractivity contribution is 5.81. The van der Waals surface area contributed by atoms with Gasteiger partial charge >= 0.3 is 5.69 Å². The van der Waals surface area contributed by atoms with Gasteiger partial charge in [-0.25, -0.2) is 9.97 Å². The summed E-state index contributed by atoms with van der Waals surface area (Å²) in [5.41, 5.74) is 4.73. The van der Waals surface area contributed by atoms with E-state index in [0.717, 1.165) is 0 Å². The lowest BCUT2D eigenvalue weighted by atomic mass is 10.4. The molecule has 3 N–H and O–H groups in total. The molecule has 0 saturated carbocycles. The van der Waals surface area contributed by atoms with E-state index in [1.54, 1.807) is 0 Å². The second-order valence-corrected chi connectivity index (χ2v) is 3.22. The van der Waals surface area contributed by atoms with E-state index in [1.165, 1.54) is 25.3 Å². The standard InChI is InChI=1S/C8H12N6O3/c1-10-7-6(14(16)17)8(12-4-11-7)13(2)3-5(9)15/h4H,3H2,1-2H3,(H2,9,15)(H,10,11,12). The number of likely N-dealkylation sites (N-methyl/N-ethyl adjacent to an activating group) is 1. The van der Waals surface area contributed by atoms with Crippen LogP contribution in [0.3, 0.4) is 0 Å². The van der Waals surface area contributed by atoms with E-state index in [1.807, 2.05) is 0 Å². The molecule has 17 heavy (non-hydrogen) atoms. The normalized spacial score (nSPS) is 9.76. The van der Waals surface area contributed by atoms with Crippen molar-refractivity contribution in [1.29, 1.82) is 0 Å². The number of nitro groups is 1. The zero-order valence-electron chi connectivity index (χ0n) is 9.38. The first kappa shape index (κ1) is 12.6. The first-order valence-corrected chi connectivity index (χ1v) is 4.64. The summed E-state index contributed by atoms with van der Waals surface area (Å²) in [7, 11) is 2.99. The van der Waals surface area contributed by atoms with Crippen molar-refractivity contribution < 1.29 is 9.72 Å². The molecule has 0 aliphatic carbocycles. The van der Waals surface area contributed by atoms with E-state index in [-0.39, 0.29) is 23.9 Å². The maximum absolute atomic E-state index is 10.9. The van der Waals surface area contributed by atoms with Crippen LogP contribution < -0.4 is 16.0 Å². The van der Waals surface area contributed by atoms with Crippen molar-refractivity contribution in [3.63, 3.8) is 0 Å². The number of nitrogens with zero attached hydrogens (tertiary/aromatic N) is 4. The fourth-order valence-corrected chi connectivity index (χ4v) is 1.31. The van der Waals surface area contributed by atoms with Crippen LogP contribution in [0.25, 0.3) is 0 Å². The van der Waals surface area contributed by atoms with Gasteiger partial charge < -0.3 is 16.0 Å². The van der Waals surface area contributed by atoms with Gasteiger partial charge in [0.15, 0.2) is 0 Å². The second kappa shape index (κ2) is 5.05. The summed E-state index contributed by atoms with van der Waals surface area (Å²) >= 11 is 0. The number of nitrogens with two attached hydrogens (primary N) is 1. The topological polar surface area (TPSA) is 127 Å². The highest BCUT2D eigenvalue weighted by Crippen LogP contribution is 2.30. The molecule has 1 aromatic heterocycles. The fourth-order valence-electron chi connectivity index (χ4n) is 1.31. The van der Waals surface area contributed by atoms with Gasteiger partial charge in [-0.15, -0.1) is 0 Å². The monoisotopic (exact) mass is 240 g/mol. The average molecular weight is 240 g/mol. The molecule has 0 fully saturated rings. The van der Waals surface area contributed by atoms with Crippen LogP contribution in [-0.2, 0) is 4.79 Å². The quantitative estimate of drug-likeness (QED) is 0.516. The number of hydrogen-bond acceptors (Lipinski definition) is 7. The summed E-state index contributed by atoms with van der Waals surface area (Å²) in [6.45, 7) is -0.166. The fraction of sp³-hybridized carbons (Fsp3) is 0.375. The van der Waals surface area contributed by atoms with Crippen LogP contribution in [0.5, 0.6) is 0 Å². The summed E-state index contributed by atoms with van der Waals surface area (Å²) in [5, 5.41) is 13.5. The number of carbonyl (C=O) groups is 1. The predicted molar refractivity (Wildman–Crippen MR) is 60.7 cm³/mol. The van der Waals surface area contributed by atoms with Crippen LogP contribution in [0.15, 0.2) is 6.33 Å². The molecule has 0 aliphatic rings. The van der Waals surface area contributed by atoms with Gasteiger partial charge in [-0.05, 0) is 0 Å². The lowest BCUT2D eigenvalue weighted by molar-refractivity contribution is -0.383. The molecular weight excluding hydrogens is 228 g/mol. The van der Waals surface area contributed by atoms with Crippen LogP contribution in [-0.4, -0.2) is 41.4 Å². The number of nitrogens with one attached hydrogen (secondary N) is 1. The predicted octanol–water partition coefficient (Wildman–Crippen LogP) is -0.652. The van der Waals surface area contributed by atoms with Crippen LogP contribution in [0, 0.1) is 10.1 Å². The van der Waals surface area contributed by atoms with Crippen molar-refractivity contribution in [3.05, 3.63) is 16.4 Å². The van der Waals surface area contributed by atoms with Crippen molar-refractivity contribution in [2.75, 3.05) is 30.9 Å². The van der Waals surface area contributed by atoms with Gasteiger partial charge in [0.1, 0.15) is 6.33 Å². The summed E-state index contributed by atoms with van der Waals surface area (Å²) in [4.78, 5) is 29.9. The summed E-state index contributed by atoms with van der Waals surface area (Å²) in [6.07, 6.45) is 1.17. The van der Waals surface area contributed by atoms with Crippen molar-refractivity contribution in [2.45, 2.75) is 0 Å². The summed E-state index contributed by atoms with van der Waals surface area (Å²) in [5.74, 6) is -0.490. The zero-order valence-corrected chi connectivity index (χ0v) is 9.38. The smallest absolute Gasteiger partial charge is 0.353 e. The number of amides is 1. The molecule has 0 bridgehead atoms. The van der Waals surface area contributed by atoms with Gasteiger partial charge in [0.05, 0.1) is 11.5 Å². The van der Waals surface area contributed by atoms with Crippen LogP contribution in [0.1, 0.15) is 0 Å². The Balaban J connectivity index is 3.22. The van der Waals surface area contributed by atoms with Crippen LogP contribution in [0.4, 0.5) is 17.3 Å². The molecule has 0 atom stereocenters. The molecule has 0 spiro atoms. The molecule has 9 nitrogen and oxygen atoms in total. The van der Waals surface area contributed by atoms with Gasteiger partial charge in [0.2, 0.25) is 17.5 Å². The van der Waals surface area contributed by atoms with Crippen molar-refractivity contribution in [2.24, 2.45) is 5.73 Å². The van der Waals surface area contributed by atoms with E-state index in [4.69, 9.17) is 5.73 Å². The Hall–Kier alpha value is -2.45. The van der Waals surface area contributed by atoms with Crippen molar-refractivity contribution in [1.82, 2.24) is 9.97 Å². The molecule has 0 unspecified atom stereocenters. The lowest BCUT2D eigenvalue weighted by Gasteiger charge is -2.16. The van der Waals surface area contributed by atoms with Gasteiger partial charge in [0.25, 0.3) is 0 Å². The number of rotatable bonds is 5. The zero-order chi connectivity index (χ0) is 13.0. The third-order valence-corrected chi connectivity index (χ3v) is 1.98. The van der Waals surface area contributed by atoms with E-state index in [0.29, 0.717) is 0 Å². The van der Waals surface area contributed by atoms with Gasteiger partial charge in [-0.2, -0.15) is 0 Å². The SMILES string of the molecule is CNc1ncnc(N(C)CC(N)=O)c1[N+](=O)[O-]. The third-order valence-electron chi connectivity index (χ3n) is 1.98. The lowest BCUT2D eigenvalue weighted by Crippen LogP contribution is -2.31. The average Bonchev–Trinajstić information content (AvgIpc) is 2.26. The number of primary amides is 1. The van der Waals surface area contributed by atoms with E-state index in [2.05, 4.69) is 15.3 Å². The Kier molecular flexibility index (Phi) is 3.75. The van der Waals surface area contributed by atoms with Gasteiger partial charge in [-0.1, -0.05) is 0 Å². The van der Waals surface area contributed by atoms with Crippen LogP contribution in [0.2, 0.25) is 0 Å². The third kappa shape index (κ3) is 2.77. The number of anilines is 2. The Bertz CT molecular complexity index is 449. The number of hydrogen-bond donors (Lipinski definition) is 2. The maximum Gasteiger partial charge on any atom is 0.353 e. The first-order valence-electron chi connectivity index (χ1n) is 4.64. The molecule has 0 radical (unpaired) electrons. The minimum atomic E-state index is -0.612. The minimum absolute atomic E-state index is 0.0353. The minimum Gasteiger partial charge on any atom is -0.368 e. The number of carbonyl (C=O) groups excluding carboxylic acids is 1. The molecule has 1 heterocycles. The Morgan fingerprint density at radius 2 is 2.29 bits per heavy atom. The van der Waals surface area contributed by atoms with E-state index >= 15 is 0 Å². The molecule has 1 aromatic rings. The van der Waals surface area contributed by atoms with Gasteiger partial charge in [-0.3, -0.25) is 14.9 Å². The highest BCUT2D eigenvalue weighted by Gasteiger charge is 2.25. The molecule has 1 amide bonds. The van der Waals surface area contributed by atoms with E-state index < -0.39 is 10.8 Å². The molecule has 0 aliphatic heterocycles. The van der Waals surface area contributed by atoms with Crippen molar-refractivity contribution in [3.8, 4) is 0 Å². The van der Waals surface area contributed by atoms with E-state index in [9.17, 15) is 14.9 Å². The molecular formula is C8H12N6O3. The Morgan fingerprint density at radius 1 is 1.65 bits per heavy atom. The Labute approximate surface area is 96.8 Å². The summed E-state index contributed by atoms with van der Waals surface area (Å²) < 4.78 is 0. The largest absolute Gasteiger partial charge is 0.368 e. The first-order chi connectivity index (χ1) is 7.97. The molecule has 9 heteroatoms.